The highest BCUT2D eigenvalue weighted by molar-refractivity contribution is 5.99. The van der Waals surface area contributed by atoms with E-state index in [0.717, 1.165) is 6.42 Å². The van der Waals surface area contributed by atoms with Gasteiger partial charge in [-0.05, 0) is 37.6 Å². The van der Waals surface area contributed by atoms with Crippen molar-refractivity contribution in [1.29, 1.82) is 0 Å². The number of nitrogens with one attached hydrogen (secondary N) is 1. The van der Waals surface area contributed by atoms with E-state index in [1.54, 1.807) is 48.4 Å². The van der Waals surface area contributed by atoms with Crippen LogP contribution >= 0.6 is 0 Å². The molecule has 24 heavy (non-hydrogen) atoms. The summed E-state index contributed by atoms with van der Waals surface area (Å²) >= 11 is 0. The normalized spacial score (nSPS) is 18.5. The number of hydrogen-bond acceptors (Lipinski definition) is 4. The summed E-state index contributed by atoms with van der Waals surface area (Å²) in [5, 5.41) is 12.6. The minimum atomic E-state index is -0.437. The fourth-order valence-corrected chi connectivity index (χ4v) is 2.90. The molecule has 1 fully saturated rings. The van der Waals surface area contributed by atoms with E-state index in [1.165, 1.54) is 6.07 Å². The van der Waals surface area contributed by atoms with Crippen molar-refractivity contribution in [2.24, 2.45) is 5.92 Å². The second kappa shape index (κ2) is 6.97. The van der Waals surface area contributed by atoms with Gasteiger partial charge in [0.15, 0.2) is 0 Å². The average Bonchev–Trinajstić information content (AvgIpc) is 3.07. The molecule has 1 aromatic heterocycles. The van der Waals surface area contributed by atoms with Crippen LogP contribution in [0.4, 0.5) is 15.9 Å². The van der Waals surface area contributed by atoms with Gasteiger partial charge in [-0.15, -0.1) is 0 Å². The van der Waals surface area contributed by atoms with Gasteiger partial charge >= 0.3 is 0 Å². The lowest BCUT2D eigenvalue weighted by atomic mass is 10.0. The van der Waals surface area contributed by atoms with Gasteiger partial charge in [-0.1, -0.05) is 12.1 Å². The van der Waals surface area contributed by atoms with Crippen molar-refractivity contribution in [3.05, 3.63) is 54.0 Å². The Morgan fingerprint density at radius 1 is 1.38 bits per heavy atom. The summed E-state index contributed by atoms with van der Waals surface area (Å²) in [6.07, 6.45) is 1.90. The molecule has 0 spiro atoms. The Morgan fingerprint density at radius 2 is 2.17 bits per heavy atom. The molecule has 126 valence electrons. The molecule has 1 amide bonds. The molecule has 2 unspecified atom stereocenters. The number of para-hydroxylation sites is 1. The van der Waals surface area contributed by atoms with Crippen molar-refractivity contribution >= 4 is 17.4 Å². The first kappa shape index (κ1) is 16.4. The lowest BCUT2D eigenvalue weighted by Crippen LogP contribution is -2.31. The number of aliphatic hydroxyl groups excluding tert-OH is 1. The van der Waals surface area contributed by atoms with Crippen LogP contribution in [-0.4, -0.2) is 40.1 Å². The Labute approximate surface area is 140 Å². The lowest BCUT2D eigenvalue weighted by Gasteiger charge is -2.19. The van der Waals surface area contributed by atoms with Crippen molar-refractivity contribution in [3.63, 3.8) is 0 Å². The molecule has 1 aliphatic heterocycles. The van der Waals surface area contributed by atoms with Gasteiger partial charge in [0.2, 0.25) is 0 Å². The highest BCUT2D eigenvalue weighted by Gasteiger charge is 2.30. The molecule has 0 saturated carbocycles. The minimum absolute atomic E-state index is 0.0913. The summed E-state index contributed by atoms with van der Waals surface area (Å²) in [5.41, 5.74) is 0.667. The third-order valence-corrected chi connectivity index (χ3v) is 4.36. The second-order valence-electron chi connectivity index (χ2n) is 6.04. The van der Waals surface area contributed by atoms with Gasteiger partial charge in [0, 0.05) is 25.2 Å². The maximum atomic E-state index is 13.8. The third-order valence-electron chi connectivity index (χ3n) is 4.36. The molecule has 1 aromatic carbocycles. The first-order valence-electron chi connectivity index (χ1n) is 8.00. The Kier molecular flexibility index (Phi) is 4.76. The van der Waals surface area contributed by atoms with Crippen LogP contribution in [0, 0.1) is 11.7 Å². The number of carbonyl (C=O) groups excluding carboxylic acids is 1. The summed E-state index contributed by atoms with van der Waals surface area (Å²) in [6.45, 7) is 2.86. The number of hydrogen-bond donors (Lipinski definition) is 2. The quantitative estimate of drug-likeness (QED) is 0.905. The number of nitrogens with zero attached hydrogens (tertiary/aromatic N) is 2. The molecular formula is C18H20FN3O2. The fourth-order valence-electron chi connectivity index (χ4n) is 2.90. The van der Waals surface area contributed by atoms with Gasteiger partial charge in [-0.2, -0.15) is 0 Å². The van der Waals surface area contributed by atoms with Gasteiger partial charge < -0.3 is 15.3 Å². The van der Waals surface area contributed by atoms with Crippen LogP contribution in [0.5, 0.6) is 0 Å². The number of likely N-dealkylation sites (tertiary alicyclic amines) is 1. The van der Waals surface area contributed by atoms with Crippen molar-refractivity contribution < 1.29 is 14.3 Å². The molecular weight excluding hydrogens is 309 g/mol. The molecule has 6 heteroatoms. The first-order chi connectivity index (χ1) is 11.6. The number of amides is 1. The Bertz CT molecular complexity index is 736. The number of rotatable bonds is 4. The SMILES string of the molecule is CC(O)C1CCN(C(=O)c2cccnc2Nc2ccccc2F)C1. The molecule has 0 aliphatic carbocycles. The monoisotopic (exact) mass is 329 g/mol. The van der Waals surface area contributed by atoms with Crippen LogP contribution in [0.25, 0.3) is 0 Å². The van der Waals surface area contributed by atoms with Gasteiger partial charge in [0.25, 0.3) is 5.91 Å². The highest BCUT2D eigenvalue weighted by atomic mass is 19.1. The number of benzene rings is 1. The molecule has 0 radical (unpaired) electrons. The molecule has 2 aromatic rings. The second-order valence-corrected chi connectivity index (χ2v) is 6.04. The minimum Gasteiger partial charge on any atom is -0.393 e. The number of aliphatic hydroxyl groups is 1. The van der Waals surface area contributed by atoms with Crippen LogP contribution in [0.15, 0.2) is 42.6 Å². The van der Waals surface area contributed by atoms with Crippen molar-refractivity contribution in [2.45, 2.75) is 19.4 Å². The summed E-state index contributed by atoms with van der Waals surface area (Å²) in [7, 11) is 0. The maximum absolute atomic E-state index is 13.8. The summed E-state index contributed by atoms with van der Waals surface area (Å²) in [4.78, 5) is 18.7. The van der Waals surface area contributed by atoms with E-state index in [1.807, 2.05) is 0 Å². The molecule has 1 aliphatic rings. The molecule has 1 saturated heterocycles. The molecule has 0 bridgehead atoms. The van der Waals surface area contributed by atoms with Crippen LogP contribution in [-0.2, 0) is 0 Å². The predicted molar refractivity (Wildman–Crippen MR) is 89.6 cm³/mol. The average molecular weight is 329 g/mol. The van der Waals surface area contributed by atoms with Crippen LogP contribution in [0.2, 0.25) is 0 Å². The van der Waals surface area contributed by atoms with Gasteiger partial charge in [-0.25, -0.2) is 9.37 Å². The number of aromatic nitrogens is 1. The third kappa shape index (κ3) is 3.38. The predicted octanol–water partition coefficient (Wildman–Crippen LogP) is 2.81. The van der Waals surface area contributed by atoms with E-state index < -0.39 is 11.9 Å². The summed E-state index contributed by atoms with van der Waals surface area (Å²) in [6, 6.07) is 9.61. The molecule has 5 nitrogen and oxygen atoms in total. The Hall–Kier alpha value is -2.47. The molecule has 3 rings (SSSR count). The largest absolute Gasteiger partial charge is 0.393 e. The van der Waals surface area contributed by atoms with E-state index in [-0.39, 0.29) is 17.5 Å². The van der Waals surface area contributed by atoms with E-state index in [4.69, 9.17) is 0 Å². The molecule has 2 atom stereocenters. The zero-order valence-corrected chi connectivity index (χ0v) is 13.4. The number of pyridine rings is 1. The smallest absolute Gasteiger partial charge is 0.257 e. The fraction of sp³-hybridized carbons (Fsp3) is 0.333. The van der Waals surface area contributed by atoms with Crippen LogP contribution in [0.1, 0.15) is 23.7 Å². The van der Waals surface area contributed by atoms with E-state index in [9.17, 15) is 14.3 Å². The standard InChI is InChI=1S/C18H20FN3O2/c1-12(23)13-8-10-22(11-13)18(24)14-5-4-9-20-17(14)21-16-7-3-2-6-15(16)19/h2-7,9,12-13,23H,8,10-11H2,1H3,(H,20,21). The van der Waals surface area contributed by atoms with E-state index in [0.29, 0.717) is 24.5 Å². The van der Waals surface area contributed by atoms with E-state index in [2.05, 4.69) is 10.3 Å². The van der Waals surface area contributed by atoms with Crippen molar-refractivity contribution in [2.75, 3.05) is 18.4 Å². The number of carbonyl (C=O) groups is 1. The first-order valence-corrected chi connectivity index (χ1v) is 8.00. The number of anilines is 2. The van der Waals surface area contributed by atoms with Gasteiger partial charge in [0.1, 0.15) is 11.6 Å². The van der Waals surface area contributed by atoms with Gasteiger partial charge in [0.05, 0.1) is 17.4 Å². The zero-order chi connectivity index (χ0) is 17.1. The summed E-state index contributed by atoms with van der Waals surface area (Å²) in [5.74, 6) is -0.149. The van der Waals surface area contributed by atoms with Gasteiger partial charge in [-0.3, -0.25) is 4.79 Å². The Balaban J connectivity index is 1.82. The summed E-state index contributed by atoms with van der Waals surface area (Å²) < 4.78 is 13.8. The van der Waals surface area contributed by atoms with E-state index >= 15 is 0 Å². The van der Waals surface area contributed by atoms with Crippen molar-refractivity contribution in [3.8, 4) is 0 Å². The molecule has 2 N–H and O–H groups in total. The maximum Gasteiger partial charge on any atom is 0.257 e. The zero-order valence-electron chi connectivity index (χ0n) is 13.4. The number of halogens is 1. The topological polar surface area (TPSA) is 65.5 Å². The highest BCUT2D eigenvalue weighted by Crippen LogP contribution is 2.25. The van der Waals surface area contributed by atoms with Crippen LogP contribution in [0.3, 0.4) is 0 Å². The van der Waals surface area contributed by atoms with Crippen molar-refractivity contribution in [1.82, 2.24) is 9.88 Å². The van der Waals surface area contributed by atoms with Crippen LogP contribution < -0.4 is 5.32 Å². The molecule has 2 heterocycles. The Morgan fingerprint density at radius 3 is 2.88 bits per heavy atom. The lowest BCUT2D eigenvalue weighted by molar-refractivity contribution is 0.0763.